The number of hydrogen-bond acceptors (Lipinski definition) is 5. The molecule has 0 aliphatic carbocycles. The largest absolute Gasteiger partial charge is 0.481 e. The van der Waals surface area contributed by atoms with Crippen molar-refractivity contribution >= 4 is 5.82 Å². The molecule has 19 heavy (non-hydrogen) atoms. The van der Waals surface area contributed by atoms with Gasteiger partial charge in [-0.3, -0.25) is 0 Å². The summed E-state index contributed by atoms with van der Waals surface area (Å²) in [5.74, 6) is 1.29. The molecule has 1 aromatic heterocycles. The van der Waals surface area contributed by atoms with Crippen molar-refractivity contribution in [1.29, 1.82) is 0 Å². The Morgan fingerprint density at radius 2 is 2.05 bits per heavy atom. The Labute approximate surface area is 112 Å². The van der Waals surface area contributed by atoms with E-state index in [0.29, 0.717) is 5.88 Å². The fraction of sp³-hybridized carbons (Fsp3) is 0.286. The van der Waals surface area contributed by atoms with E-state index in [1.807, 2.05) is 30.3 Å². The van der Waals surface area contributed by atoms with Gasteiger partial charge in [-0.25, -0.2) is 9.97 Å². The Balaban J connectivity index is 1.83. The predicted molar refractivity (Wildman–Crippen MR) is 75.1 cm³/mol. The maximum Gasteiger partial charge on any atom is 0.218 e. The highest BCUT2D eigenvalue weighted by molar-refractivity contribution is 5.36. The van der Waals surface area contributed by atoms with Crippen LogP contribution in [0.15, 0.2) is 42.7 Å². The average Bonchev–Trinajstić information content (AvgIpc) is 2.48. The number of aromatic nitrogens is 2. The Kier molecular flexibility index (Phi) is 4.69. The fourth-order valence-electron chi connectivity index (χ4n) is 1.77. The van der Waals surface area contributed by atoms with Crippen LogP contribution in [0.3, 0.4) is 0 Å². The highest BCUT2D eigenvalue weighted by Crippen LogP contribution is 2.14. The Morgan fingerprint density at radius 1 is 1.26 bits per heavy atom. The van der Waals surface area contributed by atoms with Gasteiger partial charge in [0.1, 0.15) is 12.1 Å². The van der Waals surface area contributed by atoms with E-state index in [-0.39, 0.29) is 6.04 Å². The lowest BCUT2D eigenvalue weighted by atomic mass is 10.1. The lowest BCUT2D eigenvalue weighted by Gasteiger charge is -2.12. The van der Waals surface area contributed by atoms with Crippen molar-refractivity contribution in [2.45, 2.75) is 12.5 Å². The van der Waals surface area contributed by atoms with Gasteiger partial charge in [0, 0.05) is 18.7 Å². The zero-order chi connectivity index (χ0) is 13.5. The summed E-state index contributed by atoms with van der Waals surface area (Å²) >= 11 is 0. The van der Waals surface area contributed by atoms with Gasteiger partial charge in [0.2, 0.25) is 5.88 Å². The van der Waals surface area contributed by atoms with Crippen LogP contribution in [0, 0.1) is 0 Å². The summed E-state index contributed by atoms with van der Waals surface area (Å²) in [5.41, 5.74) is 7.26. The summed E-state index contributed by atoms with van der Waals surface area (Å²) in [6.45, 7) is 0.746. The monoisotopic (exact) mass is 258 g/mol. The van der Waals surface area contributed by atoms with E-state index in [4.69, 9.17) is 10.5 Å². The van der Waals surface area contributed by atoms with E-state index in [1.54, 1.807) is 13.2 Å². The Bertz CT molecular complexity index is 504. The second kappa shape index (κ2) is 6.70. The number of methoxy groups -OCH3 is 1. The maximum atomic E-state index is 6.12. The van der Waals surface area contributed by atoms with Crippen LogP contribution in [0.5, 0.6) is 5.88 Å². The molecule has 0 bridgehead atoms. The van der Waals surface area contributed by atoms with Crippen molar-refractivity contribution in [3.05, 3.63) is 48.3 Å². The number of anilines is 1. The van der Waals surface area contributed by atoms with Crippen molar-refractivity contribution in [3.63, 3.8) is 0 Å². The van der Waals surface area contributed by atoms with E-state index in [0.717, 1.165) is 24.3 Å². The summed E-state index contributed by atoms with van der Waals surface area (Å²) in [7, 11) is 1.58. The van der Waals surface area contributed by atoms with Crippen molar-refractivity contribution in [2.75, 3.05) is 19.0 Å². The van der Waals surface area contributed by atoms with E-state index >= 15 is 0 Å². The zero-order valence-corrected chi connectivity index (χ0v) is 10.9. The number of ether oxygens (including phenoxy) is 1. The first-order valence-corrected chi connectivity index (χ1v) is 6.20. The van der Waals surface area contributed by atoms with Crippen molar-refractivity contribution in [1.82, 2.24) is 9.97 Å². The van der Waals surface area contributed by atoms with Gasteiger partial charge in [0.25, 0.3) is 0 Å². The molecule has 0 saturated carbocycles. The minimum Gasteiger partial charge on any atom is -0.481 e. The second-order valence-corrected chi connectivity index (χ2v) is 4.18. The number of benzene rings is 1. The Hall–Kier alpha value is -2.14. The highest BCUT2D eigenvalue weighted by atomic mass is 16.5. The standard InChI is InChI=1S/C14H18N4O/c1-19-14-9-13(17-10-18-14)16-8-7-12(15)11-5-3-2-4-6-11/h2-6,9-10,12H,7-8,15H2,1H3,(H,16,17,18). The molecule has 1 aromatic carbocycles. The highest BCUT2D eigenvalue weighted by Gasteiger charge is 2.05. The molecular weight excluding hydrogens is 240 g/mol. The molecule has 0 spiro atoms. The van der Waals surface area contributed by atoms with E-state index in [9.17, 15) is 0 Å². The molecule has 0 radical (unpaired) electrons. The molecule has 5 heteroatoms. The first kappa shape index (κ1) is 13.3. The van der Waals surface area contributed by atoms with Crippen molar-refractivity contribution in [2.24, 2.45) is 5.73 Å². The lowest BCUT2D eigenvalue weighted by Crippen LogP contribution is -2.15. The first-order chi connectivity index (χ1) is 9.29. The minimum atomic E-state index is 0.0254. The van der Waals surface area contributed by atoms with Gasteiger partial charge >= 0.3 is 0 Å². The van der Waals surface area contributed by atoms with Crippen LogP contribution in [0.2, 0.25) is 0 Å². The van der Waals surface area contributed by atoms with Crippen molar-refractivity contribution in [3.8, 4) is 5.88 Å². The minimum absolute atomic E-state index is 0.0254. The smallest absolute Gasteiger partial charge is 0.218 e. The summed E-state index contributed by atoms with van der Waals surface area (Å²) in [5, 5.41) is 3.21. The summed E-state index contributed by atoms with van der Waals surface area (Å²) < 4.78 is 5.04. The third kappa shape index (κ3) is 3.93. The molecule has 1 atom stereocenters. The maximum absolute atomic E-state index is 6.12. The van der Waals surface area contributed by atoms with Crippen LogP contribution in [-0.4, -0.2) is 23.6 Å². The van der Waals surface area contributed by atoms with Crippen LogP contribution in [0.4, 0.5) is 5.82 Å². The SMILES string of the molecule is COc1cc(NCCC(N)c2ccccc2)ncn1. The molecule has 0 amide bonds. The quantitative estimate of drug-likeness (QED) is 0.829. The Morgan fingerprint density at radius 3 is 2.79 bits per heavy atom. The summed E-state index contributed by atoms with van der Waals surface area (Å²) in [6.07, 6.45) is 2.30. The fourth-order valence-corrected chi connectivity index (χ4v) is 1.77. The average molecular weight is 258 g/mol. The van der Waals surface area contributed by atoms with Gasteiger partial charge in [-0.05, 0) is 12.0 Å². The molecular formula is C14H18N4O. The molecule has 0 aliphatic heterocycles. The number of nitrogens with two attached hydrogens (primary N) is 1. The van der Waals surface area contributed by atoms with Gasteiger partial charge < -0.3 is 15.8 Å². The molecule has 0 aliphatic rings. The van der Waals surface area contributed by atoms with Crippen LogP contribution < -0.4 is 15.8 Å². The van der Waals surface area contributed by atoms with Gasteiger partial charge in [0.05, 0.1) is 7.11 Å². The van der Waals surface area contributed by atoms with Gasteiger partial charge in [-0.1, -0.05) is 30.3 Å². The molecule has 1 heterocycles. The number of hydrogen-bond donors (Lipinski definition) is 2. The molecule has 3 N–H and O–H groups in total. The number of nitrogens with one attached hydrogen (secondary N) is 1. The van der Waals surface area contributed by atoms with Crippen LogP contribution in [0.1, 0.15) is 18.0 Å². The number of rotatable bonds is 6. The molecule has 2 aromatic rings. The van der Waals surface area contributed by atoms with E-state index < -0.39 is 0 Å². The van der Waals surface area contributed by atoms with Crippen molar-refractivity contribution < 1.29 is 4.74 Å². The van der Waals surface area contributed by atoms with Gasteiger partial charge in [-0.15, -0.1) is 0 Å². The lowest BCUT2D eigenvalue weighted by molar-refractivity contribution is 0.397. The molecule has 2 rings (SSSR count). The number of nitrogens with zero attached hydrogens (tertiary/aromatic N) is 2. The third-order valence-electron chi connectivity index (χ3n) is 2.84. The first-order valence-electron chi connectivity index (χ1n) is 6.20. The second-order valence-electron chi connectivity index (χ2n) is 4.18. The van der Waals surface area contributed by atoms with E-state index in [2.05, 4.69) is 15.3 Å². The topological polar surface area (TPSA) is 73.1 Å². The molecule has 5 nitrogen and oxygen atoms in total. The van der Waals surface area contributed by atoms with Gasteiger partial charge in [-0.2, -0.15) is 0 Å². The summed E-state index contributed by atoms with van der Waals surface area (Å²) in [6, 6.07) is 11.8. The predicted octanol–water partition coefficient (Wildman–Crippen LogP) is 1.99. The van der Waals surface area contributed by atoms with Crippen LogP contribution in [0.25, 0.3) is 0 Å². The van der Waals surface area contributed by atoms with Crippen LogP contribution in [-0.2, 0) is 0 Å². The third-order valence-corrected chi connectivity index (χ3v) is 2.84. The summed E-state index contributed by atoms with van der Waals surface area (Å²) in [4.78, 5) is 8.06. The molecule has 0 saturated heterocycles. The van der Waals surface area contributed by atoms with E-state index in [1.165, 1.54) is 6.33 Å². The molecule has 0 fully saturated rings. The van der Waals surface area contributed by atoms with Gasteiger partial charge in [0.15, 0.2) is 0 Å². The zero-order valence-electron chi connectivity index (χ0n) is 10.9. The van der Waals surface area contributed by atoms with Crippen LogP contribution >= 0.6 is 0 Å². The normalized spacial score (nSPS) is 11.9. The molecule has 1 unspecified atom stereocenters. The molecule has 100 valence electrons.